The lowest BCUT2D eigenvalue weighted by molar-refractivity contribution is 0.533. The van der Waals surface area contributed by atoms with Crippen LogP contribution in [0.15, 0.2) is 84.9 Å². The van der Waals surface area contributed by atoms with Gasteiger partial charge in [0.05, 0.1) is 0 Å². The van der Waals surface area contributed by atoms with Crippen molar-refractivity contribution in [1.82, 2.24) is 0 Å². The fourth-order valence-electron chi connectivity index (χ4n) is 6.70. The third-order valence-electron chi connectivity index (χ3n) is 9.75. The van der Waals surface area contributed by atoms with Gasteiger partial charge in [-0.1, -0.05) is 138 Å². The second-order valence-corrected chi connectivity index (χ2v) is 13.8. The van der Waals surface area contributed by atoms with E-state index in [2.05, 4.69) is 86.6 Å². The maximum atomic E-state index is 5.90. The van der Waals surface area contributed by atoms with Crippen molar-refractivity contribution in [1.29, 1.82) is 0 Å². The Morgan fingerprint density at radius 1 is 0.348 bits per heavy atom. The molecule has 0 saturated carbocycles. The van der Waals surface area contributed by atoms with Crippen molar-refractivity contribution in [2.24, 2.45) is 0 Å². The maximum Gasteiger partial charge on any atom is 0.0316 e. The van der Waals surface area contributed by atoms with Gasteiger partial charge in [-0.05, 0) is 121 Å². The number of anilines is 2. The fraction of sp³-hybridized carbons (Fsp3) is 0.455. The van der Waals surface area contributed by atoms with E-state index < -0.39 is 0 Å². The van der Waals surface area contributed by atoms with Gasteiger partial charge in [-0.15, -0.1) is 0 Å². The van der Waals surface area contributed by atoms with Gasteiger partial charge in [-0.3, -0.25) is 0 Å². The van der Waals surface area contributed by atoms with Crippen molar-refractivity contribution >= 4 is 11.4 Å². The van der Waals surface area contributed by atoms with Crippen LogP contribution in [0.25, 0.3) is 0 Å². The van der Waals surface area contributed by atoms with E-state index in [0.717, 1.165) is 24.2 Å². The summed E-state index contributed by atoms with van der Waals surface area (Å²) in [5, 5.41) is 0. The zero-order valence-electron chi connectivity index (χ0n) is 29.0. The molecule has 0 spiro atoms. The summed E-state index contributed by atoms with van der Waals surface area (Å²) in [6.07, 6.45) is 23.9. The molecule has 4 N–H and O–H groups in total. The molecule has 0 aromatic heterocycles. The second kappa shape index (κ2) is 19.9. The molecule has 0 aliphatic carbocycles. The summed E-state index contributed by atoms with van der Waals surface area (Å²) in [5.74, 6) is 0. The van der Waals surface area contributed by atoms with Crippen LogP contribution in [0.2, 0.25) is 0 Å². The Balaban J connectivity index is 0.916. The van der Waals surface area contributed by atoms with Crippen molar-refractivity contribution in [2.45, 2.75) is 129 Å². The number of unbranched alkanes of at least 4 members (excludes halogenated alkanes) is 13. The number of aryl methyl sites for hydroxylation is 4. The summed E-state index contributed by atoms with van der Waals surface area (Å²) in [4.78, 5) is 0. The first-order chi connectivity index (χ1) is 22.5. The van der Waals surface area contributed by atoms with Crippen molar-refractivity contribution in [3.63, 3.8) is 0 Å². The molecule has 0 radical (unpaired) electrons. The summed E-state index contributed by atoms with van der Waals surface area (Å²) < 4.78 is 0. The molecule has 0 aliphatic heterocycles. The van der Waals surface area contributed by atoms with Crippen LogP contribution in [-0.2, 0) is 25.7 Å². The van der Waals surface area contributed by atoms with Crippen LogP contribution in [0.1, 0.15) is 134 Å². The highest BCUT2D eigenvalue weighted by Crippen LogP contribution is 2.20. The van der Waals surface area contributed by atoms with E-state index in [4.69, 9.17) is 11.5 Å². The lowest BCUT2D eigenvalue weighted by Gasteiger charge is -2.08. The molecule has 0 aliphatic rings. The largest absolute Gasteiger partial charge is 0.399 e. The van der Waals surface area contributed by atoms with E-state index in [1.165, 1.54) is 147 Å². The van der Waals surface area contributed by atoms with Crippen molar-refractivity contribution in [3.05, 3.63) is 129 Å². The van der Waals surface area contributed by atoms with E-state index in [1.54, 1.807) is 0 Å². The molecule has 4 aromatic rings. The molecule has 2 nitrogen and oxygen atoms in total. The topological polar surface area (TPSA) is 52.0 Å². The van der Waals surface area contributed by atoms with Gasteiger partial charge in [0.1, 0.15) is 0 Å². The summed E-state index contributed by atoms with van der Waals surface area (Å²) in [7, 11) is 0. The number of nitrogen functional groups attached to an aromatic ring is 2. The molecule has 0 saturated heterocycles. The molecule has 4 rings (SSSR count). The summed E-state index contributed by atoms with van der Waals surface area (Å²) in [6.45, 7) is 4.30. The van der Waals surface area contributed by atoms with Gasteiger partial charge in [0, 0.05) is 11.4 Å². The van der Waals surface area contributed by atoms with Gasteiger partial charge >= 0.3 is 0 Å². The van der Waals surface area contributed by atoms with Crippen molar-refractivity contribution in [3.8, 4) is 0 Å². The number of hydrogen-bond acceptors (Lipinski definition) is 2. The number of nitrogens with two attached hydrogens (primary N) is 2. The highest BCUT2D eigenvalue weighted by Gasteiger charge is 2.04. The van der Waals surface area contributed by atoms with E-state index in [9.17, 15) is 0 Å². The molecular weight excluding hydrogens is 556 g/mol. The Kier molecular flexibility index (Phi) is 15.3. The lowest BCUT2D eigenvalue weighted by Crippen LogP contribution is -1.95. The minimum atomic E-state index is 0.848. The summed E-state index contributed by atoms with van der Waals surface area (Å²) in [5.41, 5.74) is 24.5. The molecular formula is C44H60N2. The van der Waals surface area contributed by atoms with Crippen LogP contribution in [-0.4, -0.2) is 0 Å². The second-order valence-electron chi connectivity index (χ2n) is 13.8. The number of benzene rings is 4. The molecule has 4 aromatic carbocycles. The Morgan fingerprint density at radius 3 is 0.935 bits per heavy atom. The highest BCUT2D eigenvalue weighted by molar-refractivity contribution is 5.46. The third-order valence-corrected chi connectivity index (χ3v) is 9.75. The number of rotatable bonds is 21. The molecule has 0 heterocycles. The van der Waals surface area contributed by atoms with E-state index >= 15 is 0 Å². The first-order valence-electron chi connectivity index (χ1n) is 18.3. The molecule has 246 valence electrons. The standard InChI is InChI=1S/C44H60N2/c1-35-31-43(45)29-27-41(35)33-39-23-19-37(20-24-39)17-15-13-11-9-7-5-3-4-6-8-10-12-14-16-18-38-21-25-40(26-22-38)34-42-28-30-44(46)32-36(42)2/h19-32H,3-18,33-34,45-46H2,1-2H3. The van der Waals surface area contributed by atoms with Crippen LogP contribution >= 0.6 is 0 Å². The SMILES string of the molecule is Cc1cc(N)ccc1Cc1ccc(CCCCCCCCCCCCCCCCc2ccc(Cc3ccc(N)cc3C)cc2)cc1. The van der Waals surface area contributed by atoms with Gasteiger partial charge in [-0.2, -0.15) is 0 Å². The quantitative estimate of drug-likeness (QED) is 0.0723. The normalized spacial score (nSPS) is 11.3. The first-order valence-corrected chi connectivity index (χ1v) is 18.3. The zero-order chi connectivity index (χ0) is 32.4. The third kappa shape index (κ3) is 13.1. The minimum absolute atomic E-state index is 0.848. The Bertz CT molecular complexity index is 1310. The van der Waals surface area contributed by atoms with Crippen LogP contribution < -0.4 is 11.5 Å². The Labute approximate surface area is 281 Å². The molecule has 46 heavy (non-hydrogen) atoms. The van der Waals surface area contributed by atoms with Crippen LogP contribution in [0.4, 0.5) is 11.4 Å². The van der Waals surface area contributed by atoms with Crippen molar-refractivity contribution < 1.29 is 0 Å². The van der Waals surface area contributed by atoms with Crippen LogP contribution in [0, 0.1) is 13.8 Å². The Hall–Kier alpha value is -3.52. The molecule has 0 fully saturated rings. The molecule has 0 amide bonds. The van der Waals surface area contributed by atoms with Crippen molar-refractivity contribution in [2.75, 3.05) is 11.5 Å². The van der Waals surface area contributed by atoms with Crippen LogP contribution in [0.5, 0.6) is 0 Å². The fourth-order valence-corrected chi connectivity index (χ4v) is 6.70. The monoisotopic (exact) mass is 616 g/mol. The van der Waals surface area contributed by atoms with Gasteiger partial charge in [0.2, 0.25) is 0 Å². The predicted molar refractivity (Wildman–Crippen MR) is 202 cm³/mol. The zero-order valence-corrected chi connectivity index (χ0v) is 29.0. The van der Waals surface area contributed by atoms with E-state index in [-0.39, 0.29) is 0 Å². The van der Waals surface area contributed by atoms with E-state index in [1.807, 2.05) is 12.1 Å². The predicted octanol–water partition coefficient (Wildman–Crippen LogP) is 11.9. The summed E-state index contributed by atoms with van der Waals surface area (Å²) >= 11 is 0. The maximum absolute atomic E-state index is 5.90. The molecule has 0 atom stereocenters. The minimum Gasteiger partial charge on any atom is -0.399 e. The van der Waals surface area contributed by atoms with Gasteiger partial charge in [0.15, 0.2) is 0 Å². The number of hydrogen-bond donors (Lipinski definition) is 2. The lowest BCUT2D eigenvalue weighted by atomic mass is 9.98. The highest BCUT2D eigenvalue weighted by atomic mass is 14.5. The van der Waals surface area contributed by atoms with Gasteiger partial charge < -0.3 is 11.5 Å². The smallest absolute Gasteiger partial charge is 0.0316 e. The van der Waals surface area contributed by atoms with E-state index in [0.29, 0.717) is 0 Å². The van der Waals surface area contributed by atoms with Gasteiger partial charge in [0.25, 0.3) is 0 Å². The van der Waals surface area contributed by atoms with Gasteiger partial charge in [-0.25, -0.2) is 0 Å². The first kappa shape index (κ1) is 35.3. The average molecular weight is 617 g/mol. The van der Waals surface area contributed by atoms with Crippen LogP contribution in [0.3, 0.4) is 0 Å². The molecule has 2 heteroatoms. The molecule has 0 unspecified atom stereocenters. The Morgan fingerprint density at radius 2 is 0.630 bits per heavy atom. The molecule has 0 bridgehead atoms. The average Bonchev–Trinajstić information content (AvgIpc) is 3.05. The summed E-state index contributed by atoms with van der Waals surface area (Å²) in [6, 6.07) is 31.0.